The van der Waals surface area contributed by atoms with Crippen LogP contribution in [0.2, 0.25) is 0 Å². The van der Waals surface area contributed by atoms with Crippen LogP contribution in [0.1, 0.15) is 18.4 Å². The van der Waals surface area contributed by atoms with Gasteiger partial charge in [0.15, 0.2) is 0 Å². The Morgan fingerprint density at radius 1 is 1.22 bits per heavy atom. The fourth-order valence-electron chi connectivity index (χ4n) is 2.92. The highest BCUT2D eigenvalue weighted by molar-refractivity contribution is 7.94. The number of amides is 1. The fraction of sp³-hybridized carbons (Fsp3) is 0.389. The first-order valence-electron chi connectivity index (χ1n) is 8.65. The first kappa shape index (κ1) is 21.7. The van der Waals surface area contributed by atoms with E-state index in [0.29, 0.717) is 18.2 Å². The molecule has 2 aromatic rings. The molecule has 2 heterocycles. The first-order valence-corrected chi connectivity index (χ1v) is 11.0. The zero-order chi connectivity index (χ0) is 18.4. The summed E-state index contributed by atoms with van der Waals surface area (Å²) < 4.78 is 27.2. The average molecular weight is 430 g/mol. The Hall–Kier alpha value is -1.61. The molecule has 0 bridgehead atoms. The number of anilines is 1. The van der Waals surface area contributed by atoms with Crippen LogP contribution in [0.15, 0.2) is 46.0 Å². The molecule has 148 valence electrons. The maximum Gasteiger partial charge on any atom is 0.271 e. The van der Waals surface area contributed by atoms with Gasteiger partial charge in [-0.1, -0.05) is 18.2 Å². The molecule has 1 aliphatic heterocycles. The predicted molar refractivity (Wildman–Crippen MR) is 111 cm³/mol. The van der Waals surface area contributed by atoms with Gasteiger partial charge in [-0.2, -0.15) is 0 Å². The van der Waals surface area contributed by atoms with Crippen molar-refractivity contribution in [3.05, 3.63) is 47.3 Å². The number of hydrogen-bond acceptors (Lipinski definition) is 5. The normalized spacial score (nSPS) is 17.0. The number of carbonyl (C=O) groups excluding carboxylic acids is 1. The number of carbonyl (C=O) groups is 1. The standard InChI is InChI=1S/C18H23N3O3S2.ClH/c22-17(20-13-15-3-1-9-19-12-15)11-14-5-7-16(8-6-14)21-26(23,24)18-4-2-10-25-18;/h2,4-8,10,15,19,21H,1,3,9,11-13H2,(H,20,22);1H. The molecule has 1 atom stereocenters. The van der Waals surface area contributed by atoms with E-state index in [0.717, 1.165) is 31.5 Å². The van der Waals surface area contributed by atoms with Crippen molar-refractivity contribution in [3.8, 4) is 0 Å². The quantitative estimate of drug-likeness (QED) is 0.631. The van der Waals surface area contributed by atoms with Gasteiger partial charge >= 0.3 is 0 Å². The number of hydrogen-bond donors (Lipinski definition) is 3. The van der Waals surface area contributed by atoms with E-state index in [9.17, 15) is 13.2 Å². The summed E-state index contributed by atoms with van der Waals surface area (Å²) in [4.78, 5) is 12.1. The van der Waals surface area contributed by atoms with Crippen LogP contribution in [-0.2, 0) is 21.2 Å². The first-order chi connectivity index (χ1) is 12.5. The number of thiophene rings is 1. The molecule has 6 nitrogen and oxygen atoms in total. The zero-order valence-electron chi connectivity index (χ0n) is 14.8. The van der Waals surface area contributed by atoms with Gasteiger partial charge in [-0.3, -0.25) is 9.52 Å². The Bertz CT molecular complexity index is 818. The zero-order valence-corrected chi connectivity index (χ0v) is 17.3. The molecule has 1 aliphatic rings. The highest BCUT2D eigenvalue weighted by atomic mass is 35.5. The van der Waals surface area contributed by atoms with Crippen LogP contribution in [0.3, 0.4) is 0 Å². The Morgan fingerprint density at radius 2 is 2.00 bits per heavy atom. The molecule has 1 aromatic carbocycles. The van der Waals surface area contributed by atoms with E-state index in [1.54, 1.807) is 41.8 Å². The fourth-order valence-corrected chi connectivity index (χ4v) is 4.97. The molecule has 3 N–H and O–H groups in total. The summed E-state index contributed by atoms with van der Waals surface area (Å²) in [6.45, 7) is 2.72. The van der Waals surface area contributed by atoms with E-state index in [1.807, 2.05) is 0 Å². The lowest BCUT2D eigenvalue weighted by Crippen LogP contribution is -2.38. The maximum atomic E-state index is 12.2. The van der Waals surface area contributed by atoms with Crippen molar-refractivity contribution in [2.45, 2.75) is 23.5 Å². The summed E-state index contributed by atoms with van der Waals surface area (Å²) in [5.41, 5.74) is 1.33. The monoisotopic (exact) mass is 429 g/mol. The Labute approximate surface area is 170 Å². The smallest absolute Gasteiger partial charge is 0.271 e. The highest BCUT2D eigenvalue weighted by Crippen LogP contribution is 2.20. The van der Waals surface area contributed by atoms with Crippen LogP contribution in [0.5, 0.6) is 0 Å². The largest absolute Gasteiger partial charge is 0.355 e. The minimum atomic E-state index is -3.54. The lowest BCUT2D eigenvalue weighted by molar-refractivity contribution is -0.120. The SMILES string of the molecule is Cl.O=C(Cc1ccc(NS(=O)(=O)c2cccs2)cc1)NCC1CCCNC1. The number of sulfonamides is 1. The number of benzene rings is 1. The third kappa shape index (κ3) is 6.49. The molecule has 1 aromatic heterocycles. The summed E-state index contributed by atoms with van der Waals surface area (Å²) in [6, 6.07) is 10.2. The van der Waals surface area contributed by atoms with Gasteiger partial charge in [-0.25, -0.2) is 8.42 Å². The molecule has 3 rings (SSSR count). The second-order valence-corrected chi connectivity index (χ2v) is 9.28. The minimum Gasteiger partial charge on any atom is -0.355 e. The third-order valence-electron chi connectivity index (χ3n) is 4.32. The molecule has 27 heavy (non-hydrogen) atoms. The summed E-state index contributed by atoms with van der Waals surface area (Å²) in [5, 5.41) is 8.04. The van der Waals surface area contributed by atoms with E-state index < -0.39 is 10.0 Å². The van der Waals surface area contributed by atoms with Gasteiger partial charge in [0, 0.05) is 12.2 Å². The Balaban J connectivity index is 0.00000261. The van der Waals surface area contributed by atoms with Crippen LogP contribution in [0.25, 0.3) is 0 Å². The number of piperidine rings is 1. The molecular weight excluding hydrogens is 406 g/mol. The summed E-state index contributed by atoms with van der Waals surface area (Å²) >= 11 is 1.17. The summed E-state index contributed by atoms with van der Waals surface area (Å²) in [5.74, 6) is 0.490. The minimum absolute atomic E-state index is 0. The van der Waals surface area contributed by atoms with Crippen LogP contribution in [0, 0.1) is 5.92 Å². The molecule has 1 unspecified atom stereocenters. The van der Waals surface area contributed by atoms with Crippen molar-refractivity contribution in [2.75, 3.05) is 24.4 Å². The third-order valence-corrected chi connectivity index (χ3v) is 7.10. The molecule has 9 heteroatoms. The summed E-state index contributed by atoms with van der Waals surface area (Å²) in [6.07, 6.45) is 2.59. The van der Waals surface area contributed by atoms with E-state index in [-0.39, 0.29) is 28.9 Å². The van der Waals surface area contributed by atoms with E-state index in [1.165, 1.54) is 11.3 Å². The van der Waals surface area contributed by atoms with Crippen LogP contribution in [-0.4, -0.2) is 34.0 Å². The predicted octanol–water partition coefficient (Wildman–Crippen LogP) is 2.63. The van der Waals surface area contributed by atoms with Crippen molar-refractivity contribution < 1.29 is 13.2 Å². The molecule has 0 radical (unpaired) electrons. The van der Waals surface area contributed by atoms with Gasteiger partial charge in [0.2, 0.25) is 5.91 Å². The number of halogens is 1. The topological polar surface area (TPSA) is 87.3 Å². The van der Waals surface area contributed by atoms with Crippen LogP contribution >= 0.6 is 23.7 Å². The lowest BCUT2D eigenvalue weighted by Gasteiger charge is -2.22. The molecule has 0 spiro atoms. The molecule has 1 saturated heterocycles. The van der Waals surface area contributed by atoms with Crippen molar-refractivity contribution in [3.63, 3.8) is 0 Å². The lowest BCUT2D eigenvalue weighted by atomic mass is 9.99. The highest BCUT2D eigenvalue weighted by Gasteiger charge is 2.16. The van der Waals surface area contributed by atoms with E-state index >= 15 is 0 Å². The van der Waals surface area contributed by atoms with Gasteiger partial charge in [-0.05, 0) is 61.0 Å². The average Bonchev–Trinajstić information content (AvgIpc) is 3.18. The molecule has 0 aliphatic carbocycles. The van der Waals surface area contributed by atoms with Crippen molar-refractivity contribution in [1.82, 2.24) is 10.6 Å². The number of nitrogens with one attached hydrogen (secondary N) is 3. The van der Waals surface area contributed by atoms with Gasteiger partial charge in [0.05, 0.1) is 6.42 Å². The van der Waals surface area contributed by atoms with E-state index in [2.05, 4.69) is 15.4 Å². The van der Waals surface area contributed by atoms with Gasteiger partial charge in [0.1, 0.15) is 4.21 Å². The Morgan fingerprint density at radius 3 is 2.63 bits per heavy atom. The van der Waals surface area contributed by atoms with Gasteiger partial charge in [-0.15, -0.1) is 23.7 Å². The molecule has 1 amide bonds. The van der Waals surface area contributed by atoms with Crippen LogP contribution < -0.4 is 15.4 Å². The second kappa shape index (κ2) is 10.1. The number of rotatable bonds is 7. The van der Waals surface area contributed by atoms with Gasteiger partial charge in [0.25, 0.3) is 10.0 Å². The van der Waals surface area contributed by atoms with Crippen molar-refractivity contribution in [2.24, 2.45) is 5.92 Å². The molecule has 0 saturated carbocycles. The maximum absolute atomic E-state index is 12.2. The Kier molecular flexibility index (Phi) is 8.09. The van der Waals surface area contributed by atoms with E-state index in [4.69, 9.17) is 0 Å². The molecular formula is C18H24ClN3O3S2. The summed E-state index contributed by atoms with van der Waals surface area (Å²) in [7, 11) is -3.54. The van der Waals surface area contributed by atoms with Gasteiger partial charge < -0.3 is 10.6 Å². The van der Waals surface area contributed by atoms with Crippen molar-refractivity contribution in [1.29, 1.82) is 0 Å². The van der Waals surface area contributed by atoms with Crippen LogP contribution in [0.4, 0.5) is 5.69 Å². The molecule has 1 fully saturated rings. The van der Waals surface area contributed by atoms with Crippen molar-refractivity contribution >= 4 is 45.4 Å². The second-order valence-electron chi connectivity index (χ2n) is 6.43.